The number of halogens is 1. The Hall–Kier alpha value is -3.06. The smallest absolute Gasteiger partial charge is 0.346 e. The molecule has 0 aliphatic rings. The van der Waals surface area contributed by atoms with Crippen molar-refractivity contribution in [2.24, 2.45) is 5.10 Å². The summed E-state index contributed by atoms with van der Waals surface area (Å²) in [7, 11) is 0. The van der Waals surface area contributed by atoms with Crippen LogP contribution in [-0.2, 0) is 0 Å². The fourth-order valence-electron chi connectivity index (χ4n) is 2.13. The Bertz CT molecular complexity index is 949. The number of nitrogens with zero attached hydrogens (tertiary/aromatic N) is 2. The molecule has 0 amide bonds. The van der Waals surface area contributed by atoms with Gasteiger partial charge < -0.3 is 4.74 Å². The summed E-state index contributed by atoms with van der Waals surface area (Å²) in [5.41, 5.74) is 4.45. The Kier molecular flexibility index (Phi) is 5.38. The average Bonchev–Trinajstić information content (AvgIpc) is 2.93. The first-order valence-corrected chi connectivity index (χ1v) is 8.64. The number of carbonyl (C=O) groups is 1. The van der Waals surface area contributed by atoms with Crippen molar-refractivity contribution in [3.8, 4) is 5.75 Å². The summed E-state index contributed by atoms with van der Waals surface area (Å²) in [5.74, 6) is -1.05. The highest BCUT2D eigenvalue weighted by Crippen LogP contribution is 2.21. The van der Waals surface area contributed by atoms with E-state index in [0.29, 0.717) is 10.9 Å². The Labute approximate surface area is 154 Å². The van der Waals surface area contributed by atoms with Crippen molar-refractivity contribution < 1.29 is 13.9 Å². The van der Waals surface area contributed by atoms with E-state index in [4.69, 9.17) is 4.74 Å². The van der Waals surface area contributed by atoms with Crippen LogP contribution in [0, 0.1) is 19.7 Å². The lowest BCUT2D eigenvalue weighted by Gasteiger charge is -2.05. The number of ether oxygens (including phenoxy) is 1. The molecule has 0 aliphatic carbocycles. The zero-order valence-electron chi connectivity index (χ0n) is 14.2. The first-order valence-electron chi connectivity index (χ1n) is 7.83. The van der Waals surface area contributed by atoms with E-state index in [1.54, 1.807) is 30.5 Å². The molecular formula is C19H16FN3O2S. The molecule has 0 saturated carbocycles. The van der Waals surface area contributed by atoms with Crippen LogP contribution >= 0.6 is 11.3 Å². The summed E-state index contributed by atoms with van der Waals surface area (Å²) in [6, 6.07) is 12.5. The molecule has 132 valence electrons. The van der Waals surface area contributed by atoms with Gasteiger partial charge in [-0.1, -0.05) is 24.3 Å². The highest BCUT2D eigenvalue weighted by atomic mass is 32.1. The molecule has 3 rings (SSSR count). The number of aryl methyl sites for hydroxylation is 2. The SMILES string of the molecule is Cc1nc(NN=Cc2cccc(OC(=O)c3ccccc3F)c2)sc1C. The van der Waals surface area contributed by atoms with Crippen molar-refractivity contribution in [1.82, 2.24) is 4.98 Å². The van der Waals surface area contributed by atoms with Gasteiger partial charge in [-0.3, -0.25) is 5.43 Å². The minimum absolute atomic E-state index is 0.109. The molecule has 3 aromatic rings. The maximum Gasteiger partial charge on any atom is 0.346 e. The quantitative estimate of drug-likeness (QED) is 0.310. The Morgan fingerprint density at radius 1 is 1.23 bits per heavy atom. The summed E-state index contributed by atoms with van der Waals surface area (Å²) in [4.78, 5) is 17.5. The lowest BCUT2D eigenvalue weighted by Crippen LogP contribution is -2.10. The molecule has 0 bridgehead atoms. The molecule has 7 heteroatoms. The molecule has 0 radical (unpaired) electrons. The number of thiazole rings is 1. The van der Waals surface area contributed by atoms with Crippen molar-refractivity contribution in [2.45, 2.75) is 13.8 Å². The Morgan fingerprint density at radius 2 is 2.04 bits per heavy atom. The van der Waals surface area contributed by atoms with Crippen LogP contribution in [0.2, 0.25) is 0 Å². The van der Waals surface area contributed by atoms with Gasteiger partial charge in [-0.25, -0.2) is 14.2 Å². The van der Waals surface area contributed by atoms with E-state index in [-0.39, 0.29) is 5.56 Å². The lowest BCUT2D eigenvalue weighted by atomic mass is 10.2. The van der Waals surface area contributed by atoms with Gasteiger partial charge in [-0.15, -0.1) is 11.3 Å². The van der Waals surface area contributed by atoms with Crippen LogP contribution in [0.15, 0.2) is 53.6 Å². The van der Waals surface area contributed by atoms with E-state index in [1.807, 2.05) is 19.9 Å². The van der Waals surface area contributed by atoms with Crippen molar-refractivity contribution in [3.05, 3.63) is 76.0 Å². The fourth-order valence-corrected chi connectivity index (χ4v) is 2.89. The number of rotatable bonds is 5. The molecule has 1 N–H and O–H groups in total. The summed E-state index contributed by atoms with van der Waals surface area (Å²) in [6.45, 7) is 3.93. The van der Waals surface area contributed by atoms with Gasteiger partial charge >= 0.3 is 5.97 Å². The number of hydrogen-bond donors (Lipinski definition) is 1. The van der Waals surface area contributed by atoms with E-state index >= 15 is 0 Å². The van der Waals surface area contributed by atoms with E-state index in [1.165, 1.54) is 29.5 Å². The standard InChI is InChI=1S/C19H16FN3O2S/c1-12-13(2)26-19(22-12)23-21-11-14-6-5-7-15(10-14)25-18(24)16-8-3-4-9-17(16)20/h3-11H,1-2H3,(H,22,23). The highest BCUT2D eigenvalue weighted by molar-refractivity contribution is 7.15. The van der Waals surface area contributed by atoms with Gasteiger partial charge in [0.2, 0.25) is 5.13 Å². The maximum atomic E-state index is 13.6. The molecule has 5 nitrogen and oxygen atoms in total. The molecular weight excluding hydrogens is 353 g/mol. The molecule has 26 heavy (non-hydrogen) atoms. The zero-order chi connectivity index (χ0) is 18.5. The van der Waals surface area contributed by atoms with E-state index in [2.05, 4.69) is 15.5 Å². The number of nitrogens with one attached hydrogen (secondary N) is 1. The third-order valence-corrected chi connectivity index (χ3v) is 4.54. The number of esters is 1. The van der Waals surface area contributed by atoms with Gasteiger partial charge in [0, 0.05) is 4.88 Å². The van der Waals surface area contributed by atoms with Crippen LogP contribution in [0.5, 0.6) is 5.75 Å². The summed E-state index contributed by atoms with van der Waals surface area (Å²) in [6.07, 6.45) is 1.59. The van der Waals surface area contributed by atoms with Crippen LogP contribution < -0.4 is 10.2 Å². The van der Waals surface area contributed by atoms with Crippen molar-refractivity contribution in [3.63, 3.8) is 0 Å². The minimum atomic E-state index is -0.746. The molecule has 0 saturated heterocycles. The second-order valence-corrected chi connectivity index (χ2v) is 6.68. The molecule has 0 atom stereocenters. The summed E-state index contributed by atoms with van der Waals surface area (Å²) < 4.78 is 18.9. The fraction of sp³-hybridized carbons (Fsp3) is 0.105. The zero-order valence-corrected chi connectivity index (χ0v) is 15.0. The van der Waals surface area contributed by atoms with Crippen molar-refractivity contribution in [1.29, 1.82) is 0 Å². The third-order valence-electron chi connectivity index (χ3n) is 3.56. The lowest BCUT2D eigenvalue weighted by molar-refractivity contribution is 0.0730. The molecule has 0 unspecified atom stereocenters. The topological polar surface area (TPSA) is 63.6 Å². The number of anilines is 1. The predicted octanol–water partition coefficient (Wildman–Crippen LogP) is 4.56. The van der Waals surface area contributed by atoms with Crippen LogP contribution in [0.1, 0.15) is 26.5 Å². The number of carbonyl (C=O) groups excluding carboxylic acids is 1. The third kappa shape index (κ3) is 4.31. The van der Waals surface area contributed by atoms with Gasteiger partial charge in [-0.2, -0.15) is 5.10 Å². The van der Waals surface area contributed by atoms with Gasteiger partial charge in [0.25, 0.3) is 0 Å². The van der Waals surface area contributed by atoms with Gasteiger partial charge in [0.05, 0.1) is 17.5 Å². The Balaban J connectivity index is 1.67. The van der Waals surface area contributed by atoms with Crippen molar-refractivity contribution in [2.75, 3.05) is 5.43 Å². The second kappa shape index (κ2) is 7.88. The van der Waals surface area contributed by atoms with Gasteiger partial charge in [0.1, 0.15) is 11.6 Å². The van der Waals surface area contributed by atoms with E-state index in [9.17, 15) is 9.18 Å². The average molecular weight is 369 g/mol. The van der Waals surface area contributed by atoms with Crippen LogP contribution in [0.4, 0.5) is 9.52 Å². The molecule has 0 spiro atoms. The van der Waals surface area contributed by atoms with Crippen molar-refractivity contribution >= 4 is 28.7 Å². The predicted molar refractivity (Wildman–Crippen MR) is 101 cm³/mol. The van der Waals surface area contributed by atoms with Crippen LogP contribution in [-0.4, -0.2) is 17.2 Å². The second-order valence-electron chi connectivity index (χ2n) is 5.47. The molecule has 2 aromatic carbocycles. The molecule has 1 aromatic heterocycles. The first-order chi connectivity index (χ1) is 12.5. The number of hydrazone groups is 1. The van der Waals surface area contributed by atoms with Gasteiger partial charge in [0.15, 0.2) is 0 Å². The van der Waals surface area contributed by atoms with E-state index < -0.39 is 11.8 Å². The van der Waals surface area contributed by atoms with Crippen LogP contribution in [0.25, 0.3) is 0 Å². The molecule has 1 heterocycles. The van der Waals surface area contributed by atoms with Gasteiger partial charge in [-0.05, 0) is 43.7 Å². The normalized spacial score (nSPS) is 10.9. The molecule has 0 fully saturated rings. The summed E-state index contributed by atoms with van der Waals surface area (Å²) >= 11 is 1.52. The van der Waals surface area contributed by atoms with Crippen LogP contribution in [0.3, 0.4) is 0 Å². The highest BCUT2D eigenvalue weighted by Gasteiger charge is 2.13. The minimum Gasteiger partial charge on any atom is -0.423 e. The Morgan fingerprint density at radius 3 is 2.77 bits per heavy atom. The maximum absolute atomic E-state index is 13.6. The van der Waals surface area contributed by atoms with E-state index in [0.717, 1.165) is 16.1 Å². The first kappa shape index (κ1) is 17.8. The summed E-state index contributed by atoms with van der Waals surface area (Å²) in [5, 5.41) is 4.84. The number of benzene rings is 2. The molecule has 0 aliphatic heterocycles. The number of aromatic nitrogens is 1. The largest absolute Gasteiger partial charge is 0.423 e. The number of hydrogen-bond acceptors (Lipinski definition) is 6. The monoisotopic (exact) mass is 369 g/mol.